The molecule has 34 heavy (non-hydrogen) atoms. The number of fused-ring (bicyclic) bond motifs is 1. The average molecular weight is 479 g/mol. The van der Waals surface area contributed by atoms with Gasteiger partial charge >= 0.3 is 0 Å². The number of anilines is 2. The Morgan fingerprint density at radius 1 is 1.09 bits per heavy atom. The SMILES string of the molecule is CC(C)S(=O)(=O)Nc1ccc(-c2c(C#N)c3ccc(N4CCOCC4)cc3n2C2CCC2)cc1. The average Bonchev–Trinajstić information content (AvgIpc) is 3.12. The van der Waals surface area contributed by atoms with E-state index in [0.29, 0.717) is 17.3 Å². The highest BCUT2D eigenvalue weighted by molar-refractivity contribution is 7.93. The smallest absolute Gasteiger partial charge is 0.235 e. The maximum absolute atomic E-state index is 12.3. The summed E-state index contributed by atoms with van der Waals surface area (Å²) in [4.78, 5) is 2.34. The van der Waals surface area contributed by atoms with Crippen molar-refractivity contribution in [3.05, 3.63) is 48.0 Å². The fraction of sp³-hybridized carbons (Fsp3) is 0.423. The lowest BCUT2D eigenvalue weighted by Gasteiger charge is -2.31. The van der Waals surface area contributed by atoms with E-state index in [-0.39, 0.29) is 0 Å². The van der Waals surface area contributed by atoms with Crippen LogP contribution in [0.4, 0.5) is 11.4 Å². The minimum absolute atomic E-state index is 0.360. The molecular formula is C26H30N4O3S. The molecule has 1 aliphatic carbocycles. The van der Waals surface area contributed by atoms with Gasteiger partial charge in [0.05, 0.1) is 35.2 Å². The van der Waals surface area contributed by atoms with Crippen molar-refractivity contribution in [2.24, 2.45) is 0 Å². The van der Waals surface area contributed by atoms with E-state index in [1.54, 1.807) is 26.0 Å². The molecule has 8 heteroatoms. The first kappa shape index (κ1) is 22.8. The number of sulfonamides is 1. The van der Waals surface area contributed by atoms with Crippen molar-refractivity contribution in [2.45, 2.75) is 44.4 Å². The maximum atomic E-state index is 12.3. The van der Waals surface area contributed by atoms with Crippen LogP contribution in [0, 0.1) is 11.3 Å². The standard InChI is InChI=1S/C26H30N4O3S/c1-18(2)34(31,32)28-20-8-6-19(7-9-20)26-24(17-27)23-11-10-22(29-12-14-33-15-13-29)16-25(23)30(26)21-4-3-5-21/h6-11,16,18,21,28H,3-5,12-15H2,1-2H3. The molecule has 178 valence electrons. The van der Waals surface area contributed by atoms with E-state index < -0.39 is 15.3 Å². The third kappa shape index (κ3) is 4.04. The topological polar surface area (TPSA) is 87.4 Å². The minimum atomic E-state index is -3.42. The number of hydrogen-bond donors (Lipinski definition) is 1. The van der Waals surface area contributed by atoms with E-state index in [1.165, 1.54) is 6.42 Å². The van der Waals surface area contributed by atoms with Crippen molar-refractivity contribution >= 4 is 32.3 Å². The lowest BCUT2D eigenvalue weighted by atomic mass is 9.92. The van der Waals surface area contributed by atoms with Gasteiger partial charge in [0.2, 0.25) is 10.0 Å². The number of nitrogens with zero attached hydrogens (tertiary/aromatic N) is 3. The molecule has 1 aliphatic heterocycles. The van der Waals surface area contributed by atoms with Crippen LogP contribution < -0.4 is 9.62 Å². The van der Waals surface area contributed by atoms with Crippen LogP contribution in [0.1, 0.15) is 44.7 Å². The molecule has 5 rings (SSSR count). The van der Waals surface area contributed by atoms with Crippen molar-refractivity contribution < 1.29 is 13.2 Å². The first-order valence-corrected chi connectivity index (χ1v) is 13.5. The van der Waals surface area contributed by atoms with Gasteiger partial charge in [0, 0.05) is 35.9 Å². The molecule has 0 bridgehead atoms. The summed E-state index contributed by atoms with van der Waals surface area (Å²) >= 11 is 0. The van der Waals surface area contributed by atoms with Crippen molar-refractivity contribution in [3.63, 3.8) is 0 Å². The van der Waals surface area contributed by atoms with Crippen LogP contribution in [0.25, 0.3) is 22.2 Å². The zero-order valence-electron chi connectivity index (χ0n) is 19.6. The third-order valence-electron chi connectivity index (χ3n) is 6.95. The van der Waals surface area contributed by atoms with E-state index in [2.05, 4.69) is 38.5 Å². The zero-order valence-corrected chi connectivity index (χ0v) is 20.4. The summed E-state index contributed by atoms with van der Waals surface area (Å²) in [6.07, 6.45) is 3.37. The number of aromatic nitrogens is 1. The summed E-state index contributed by atoms with van der Waals surface area (Å²) in [6, 6.07) is 16.6. The second-order valence-electron chi connectivity index (χ2n) is 9.36. The monoisotopic (exact) mass is 478 g/mol. The quantitative estimate of drug-likeness (QED) is 0.545. The molecule has 1 aromatic heterocycles. The molecule has 0 atom stereocenters. The van der Waals surface area contributed by atoms with Gasteiger partial charge in [0.25, 0.3) is 0 Å². The molecule has 0 unspecified atom stereocenters. The van der Waals surface area contributed by atoms with Gasteiger partial charge in [-0.25, -0.2) is 8.42 Å². The molecule has 1 N–H and O–H groups in total. The van der Waals surface area contributed by atoms with Gasteiger partial charge in [-0.3, -0.25) is 4.72 Å². The van der Waals surface area contributed by atoms with Crippen molar-refractivity contribution in [2.75, 3.05) is 35.9 Å². The predicted molar refractivity (Wildman–Crippen MR) is 136 cm³/mol. The number of hydrogen-bond acceptors (Lipinski definition) is 5. The highest BCUT2D eigenvalue weighted by atomic mass is 32.2. The molecule has 7 nitrogen and oxygen atoms in total. The fourth-order valence-corrected chi connectivity index (χ4v) is 5.42. The lowest BCUT2D eigenvalue weighted by Crippen LogP contribution is -2.36. The number of rotatable bonds is 6. The van der Waals surface area contributed by atoms with Crippen LogP contribution in [-0.4, -0.2) is 44.5 Å². The van der Waals surface area contributed by atoms with Crippen LogP contribution in [-0.2, 0) is 14.8 Å². The van der Waals surface area contributed by atoms with Gasteiger partial charge in [-0.05, 0) is 69.0 Å². The normalized spacial score (nSPS) is 17.1. The Labute approximate surface area is 201 Å². The number of nitrogens with one attached hydrogen (secondary N) is 1. The molecule has 2 heterocycles. The number of nitriles is 1. The summed E-state index contributed by atoms with van der Waals surface area (Å²) in [5.74, 6) is 0. The fourth-order valence-electron chi connectivity index (χ4n) is 4.72. The molecule has 2 aliphatic rings. The van der Waals surface area contributed by atoms with Crippen molar-refractivity contribution in [1.29, 1.82) is 5.26 Å². The second kappa shape index (κ2) is 8.97. The first-order valence-electron chi connectivity index (χ1n) is 11.9. The van der Waals surface area contributed by atoms with E-state index in [0.717, 1.165) is 67.0 Å². The molecule has 0 radical (unpaired) electrons. The molecule has 3 aromatic rings. The number of benzene rings is 2. The highest BCUT2D eigenvalue weighted by Gasteiger charge is 2.28. The van der Waals surface area contributed by atoms with Gasteiger partial charge < -0.3 is 14.2 Å². The van der Waals surface area contributed by atoms with Gasteiger partial charge in [0.1, 0.15) is 6.07 Å². The Morgan fingerprint density at radius 2 is 1.79 bits per heavy atom. The summed E-state index contributed by atoms with van der Waals surface area (Å²) in [5, 5.41) is 10.6. The Balaban J connectivity index is 1.60. The van der Waals surface area contributed by atoms with Crippen molar-refractivity contribution in [3.8, 4) is 17.3 Å². The largest absolute Gasteiger partial charge is 0.378 e. The summed E-state index contributed by atoms with van der Waals surface area (Å²) in [7, 11) is -3.42. The van der Waals surface area contributed by atoms with Gasteiger partial charge in [0.15, 0.2) is 0 Å². The van der Waals surface area contributed by atoms with E-state index in [4.69, 9.17) is 4.74 Å². The Bertz CT molecular complexity index is 1340. The zero-order chi connectivity index (χ0) is 23.9. The molecule has 2 aromatic carbocycles. The van der Waals surface area contributed by atoms with Crippen molar-refractivity contribution in [1.82, 2.24) is 4.57 Å². The molecular weight excluding hydrogens is 448 g/mol. The Hall–Kier alpha value is -3.02. The third-order valence-corrected chi connectivity index (χ3v) is 8.72. The molecule has 1 saturated heterocycles. The highest BCUT2D eigenvalue weighted by Crippen LogP contribution is 2.43. The maximum Gasteiger partial charge on any atom is 0.235 e. The number of ether oxygens (including phenoxy) is 1. The van der Waals surface area contributed by atoms with Gasteiger partial charge in [-0.15, -0.1) is 0 Å². The predicted octanol–water partition coefficient (Wildman–Crippen LogP) is 4.89. The van der Waals surface area contributed by atoms with Gasteiger partial charge in [-0.2, -0.15) is 5.26 Å². The summed E-state index contributed by atoms with van der Waals surface area (Å²) in [5.41, 5.74) is 5.27. The first-order chi connectivity index (χ1) is 16.4. The van der Waals surface area contributed by atoms with E-state index in [9.17, 15) is 13.7 Å². The second-order valence-corrected chi connectivity index (χ2v) is 11.6. The Morgan fingerprint density at radius 3 is 2.38 bits per heavy atom. The molecule has 1 saturated carbocycles. The summed E-state index contributed by atoms with van der Waals surface area (Å²) < 4.78 is 35.0. The summed E-state index contributed by atoms with van der Waals surface area (Å²) in [6.45, 7) is 6.48. The van der Waals surface area contributed by atoms with Gasteiger partial charge in [-0.1, -0.05) is 12.1 Å². The molecule has 2 fully saturated rings. The van der Waals surface area contributed by atoms with Crippen LogP contribution in [0.3, 0.4) is 0 Å². The molecule has 0 amide bonds. The Kier molecular flexibility index (Phi) is 6.00. The van der Waals surface area contributed by atoms with Crippen LogP contribution in [0.2, 0.25) is 0 Å². The lowest BCUT2D eigenvalue weighted by molar-refractivity contribution is 0.122. The van der Waals surface area contributed by atoms with Crippen LogP contribution in [0.5, 0.6) is 0 Å². The minimum Gasteiger partial charge on any atom is -0.378 e. The number of morpholine rings is 1. The van der Waals surface area contributed by atoms with Crippen LogP contribution in [0.15, 0.2) is 42.5 Å². The molecule has 0 spiro atoms. The van der Waals surface area contributed by atoms with Crippen LogP contribution >= 0.6 is 0 Å². The van der Waals surface area contributed by atoms with E-state index >= 15 is 0 Å². The van der Waals surface area contributed by atoms with E-state index in [1.807, 2.05) is 12.1 Å².